The summed E-state index contributed by atoms with van der Waals surface area (Å²) in [4.78, 5) is 2.97. The first-order chi connectivity index (χ1) is 10.0. The molecule has 2 saturated carbocycles. The number of rotatable bonds is 4. The highest BCUT2D eigenvalue weighted by Crippen LogP contribution is 2.43. The van der Waals surface area contributed by atoms with Gasteiger partial charge in [-0.25, -0.2) is 0 Å². The summed E-state index contributed by atoms with van der Waals surface area (Å²) in [6.45, 7) is 12.2. The zero-order chi connectivity index (χ0) is 15.0. The molecule has 4 atom stereocenters. The lowest BCUT2D eigenvalue weighted by Crippen LogP contribution is -2.68. The average Bonchev–Trinajstić information content (AvgIpc) is 3.32. The van der Waals surface area contributed by atoms with Crippen molar-refractivity contribution in [3.05, 3.63) is 0 Å². The molecular formula is C19H36N2. The van der Waals surface area contributed by atoms with E-state index < -0.39 is 0 Å². The number of hydrogen-bond donors (Lipinski definition) is 1. The van der Waals surface area contributed by atoms with Crippen molar-refractivity contribution < 1.29 is 0 Å². The van der Waals surface area contributed by atoms with Crippen LogP contribution in [0.25, 0.3) is 0 Å². The van der Waals surface area contributed by atoms with Gasteiger partial charge < -0.3 is 5.32 Å². The van der Waals surface area contributed by atoms with E-state index in [1.165, 1.54) is 58.0 Å². The molecule has 3 rings (SSSR count). The number of nitrogens with one attached hydrogen (secondary N) is 1. The highest BCUT2D eigenvalue weighted by molar-refractivity contribution is 5.06. The van der Waals surface area contributed by atoms with Crippen LogP contribution in [-0.2, 0) is 0 Å². The summed E-state index contributed by atoms with van der Waals surface area (Å²) in [5.41, 5.74) is 0.390. The second kappa shape index (κ2) is 6.20. The second-order valence-electron chi connectivity index (χ2n) is 8.58. The fourth-order valence-electron chi connectivity index (χ4n) is 5.08. The molecule has 3 fully saturated rings. The van der Waals surface area contributed by atoms with E-state index >= 15 is 0 Å². The molecule has 0 spiro atoms. The third-order valence-corrected chi connectivity index (χ3v) is 6.72. The topological polar surface area (TPSA) is 15.3 Å². The van der Waals surface area contributed by atoms with Crippen LogP contribution in [0.5, 0.6) is 0 Å². The average molecular weight is 293 g/mol. The van der Waals surface area contributed by atoms with Gasteiger partial charge in [-0.1, -0.05) is 40.0 Å². The Balaban J connectivity index is 1.79. The lowest BCUT2D eigenvalue weighted by atomic mass is 9.78. The van der Waals surface area contributed by atoms with Crippen molar-refractivity contribution in [1.29, 1.82) is 0 Å². The molecule has 2 aliphatic carbocycles. The molecule has 4 unspecified atom stereocenters. The molecule has 0 amide bonds. The van der Waals surface area contributed by atoms with Crippen LogP contribution in [0, 0.1) is 17.8 Å². The van der Waals surface area contributed by atoms with Gasteiger partial charge in [0.25, 0.3) is 0 Å². The van der Waals surface area contributed by atoms with Crippen molar-refractivity contribution in [3.8, 4) is 0 Å². The van der Waals surface area contributed by atoms with Gasteiger partial charge in [0.2, 0.25) is 0 Å². The molecule has 0 bridgehead atoms. The molecule has 1 aliphatic heterocycles. The minimum atomic E-state index is 0.390. The molecule has 21 heavy (non-hydrogen) atoms. The van der Waals surface area contributed by atoms with Crippen molar-refractivity contribution in [1.82, 2.24) is 10.2 Å². The first kappa shape index (κ1) is 15.8. The quantitative estimate of drug-likeness (QED) is 0.841. The number of nitrogens with zero attached hydrogens (tertiary/aromatic N) is 1. The van der Waals surface area contributed by atoms with Crippen LogP contribution < -0.4 is 5.32 Å². The van der Waals surface area contributed by atoms with Crippen LogP contribution in [0.4, 0.5) is 0 Å². The van der Waals surface area contributed by atoms with Crippen molar-refractivity contribution in [2.45, 2.75) is 90.3 Å². The lowest BCUT2D eigenvalue weighted by Gasteiger charge is -2.53. The van der Waals surface area contributed by atoms with Crippen molar-refractivity contribution in [2.75, 3.05) is 13.1 Å². The summed E-state index contributed by atoms with van der Waals surface area (Å²) in [7, 11) is 0. The van der Waals surface area contributed by atoms with E-state index in [0.717, 1.165) is 29.8 Å². The van der Waals surface area contributed by atoms with Crippen molar-refractivity contribution in [3.63, 3.8) is 0 Å². The molecule has 2 nitrogen and oxygen atoms in total. The van der Waals surface area contributed by atoms with Gasteiger partial charge in [-0.05, 0) is 50.4 Å². The Morgan fingerprint density at radius 1 is 1.14 bits per heavy atom. The zero-order valence-corrected chi connectivity index (χ0v) is 14.7. The van der Waals surface area contributed by atoms with Crippen molar-refractivity contribution in [2.24, 2.45) is 17.8 Å². The zero-order valence-electron chi connectivity index (χ0n) is 14.7. The minimum absolute atomic E-state index is 0.390. The van der Waals surface area contributed by atoms with E-state index in [1.54, 1.807) is 0 Å². The van der Waals surface area contributed by atoms with Gasteiger partial charge in [0.1, 0.15) is 0 Å². The van der Waals surface area contributed by atoms with Crippen LogP contribution in [0.3, 0.4) is 0 Å². The molecule has 1 saturated heterocycles. The molecule has 0 radical (unpaired) electrons. The van der Waals surface area contributed by atoms with E-state index in [9.17, 15) is 0 Å². The standard InChI is InChI=1S/C19H36N2/c1-5-15-8-6-7-9-17(15)21-13-19(4,16-10-11-16)20-12-18(21)14(2)3/h14-18,20H,5-13H2,1-4H3. The first-order valence-electron chi connectivity index (χ1n) is 9.56. The van der Waals surface area contributed by atoms with E-state index in [2.05, 4.69) is 37.9 Å². The maximum absolute atomic E-state index is 3.95. The molecule has 2 heteroatoms. The third-order valence-electron chi connectivity index (χ3n) is 6.72. The van der Waals surface area contributed by atoms with Gasteiger partial charge in [0, 0.05) is 30.7 Å². The molecule has 0 aromatic carbocycles. The normalized spacial score (nSPS) is 42.4. The van der Waals surface area contributed by atoms with Gasteiger partial charge in [-0.2, -0.15) is 0 Å². The Bertz CT molecular complexity index is 349. The maximum Gasteiger partial charge on any atom is 0.0309 e. The highest BCUT2D eigenvalue weighted by atomic mass is 15.3. The first-order valence-corrected chi connectivity index (χ1v) is 9.56. The lowest BCUT2D eigenvalue weighted by molar-refractivity contribution is -0.0160. The largest absolute Gasteiger partial charge is 0.308 e. The van der Waals surface area contributed by atoms with Crippen LogP contribution in [0.1, 0.15) is 72.6 Å². The smallest absolute Gasteiger partial charge is 0.0309 e. The summed E-state index contributed by atoms with van der Waals surface area (Å²) in [5.74, 6) is 2.65. The molecule has 0 aromatic rings. The third kappa shape index (κ3) is 3.17. The fraction of sp³-hybridized carbons (Fsp3) is 1.00. The van der Waals surface area contributed by atoms with Crippen LogP contribution in [-0.4, -0.2) is 35.6 Å². The Morgan fingerprint density at radius 2 is 1.86 bits per heavy atom. The predicted octanol–water partition coefficient (Wildman–Crippen LogP) is 4.05. The highest BCUT2D eigenvalue weighted by Gasteiger charge is 2.48. The van der Waals surface area contributed by atoms with Crippen LogP contribution in [0.2, 0.25) is 0 Å². The summed E-state index contributed by atoms with van der Waals surface area (Å²) < 4.78 is 0. The van der Waals surface area contributed by atoms with E-state index in [0.29, 0.717) is 5.54 Å². The second-order valence-corrected chi connectivity index (χ2v) is 8.58. The van der Waals surface area contributed by atoms with Crippen LogP contribution >= 0.6 is 0 Å². The Labute approximate surface area is 132 Å². The predicted molar refractivity (Wildman–Crippen MR) is 90.5 cm³/mol. The van der Waals surface area contributed by atoms with E-state index in [-0.39, 0.29) is 0 Å². The number of piperazine rings is 1. The fourth-order valence-corrected chi connectivity index (χ4v) is 5.08. The van der Waals surface area contributed by atoms with Gasteiger partial charge in [-0.3, -0.25) is 4.90 Å². The summed E-state index contributed by atoms with van der Waals surface area (Å²) in [6, 6.07) is 1.60. The van der Waals surface area contributed by atoms with Gasteiger partial charge >= 0.3 is 0 Å². The van der Waals surface area contributed by atoms with Gasteiger partial charge in [-0.15, -0.1) is 0 Å². The SMILES string of the molecule is CCC1CCCCC1N1CC(C)(C2CC2)NCC1C(C)C. The molecule has 1 N–H and O–H groups in total. The van der Waals surface area contributed by atoms with Gasteiger partial charge in [0.05, 0.1) is 0 Å². The summed E-state index contributed by atoms with van der Waals surface area (Å²) in [6.07, 6.45) is 10.1. The summed E-state index contributed by atoms with van der Waals surface area (Å²) >= 11 is 0. The van der Waals surface area contributed by atoms with Crippen molar-refractivity contribution >= 4 is 0 Å². The van der Waals surface area contributed by atoms with E-state index in [1.807, 2.05) is 0 Å². The molecule has 3 aliphatic rings. The number of hydrogen-bond acceptors (Lipinski definition) is 2. The molecular weight excluding hydrogens is 256 g/mol. The molecule has 122 valence electrons. The Morgan fingerprint density at radius 3 is 2.48 bits per heavy atom. The Hall–Kier alpha value is -0.0800. The summed E-state index contributed by atoms with van der Waals surface area (Å²) in [5, 5.41) is 3.95. The van der Waals surface area contributed by atoms with E-state index in [4.69, 9.17) is 0 Å². The molecule has 0 aromatic heterocycles. The molecule has 1 heterocycles. The van der Waals surface area contributed by atoms with Crippen LogP contribution in [0.15, 0.2) is 0 Å². The van der Waals surface area contributed by atoms with Gasteiger partial charge in [0.15, 0.2) is 0 Å². The minimum Gasteiger partial charge on any atom is -0.308 e. The Kier molecular flexibility index (Phi) is 4.66. The monoisotopic (exact) mass is 292 g/mol. The maximum atomic E-state index is 3.95.